The van der Waals surface area contributed by atoms with Crippen LogP contribution in [-0.4, -0.2) is 10.7 Å². The molecular weight excluding hydrogens is 136 g/mol. The zero-order valence-corrected chi connectivity index (χ0v) is 7.52. The number of unbranched alkanes of at least 4 members (excludes halogenated alkanes) is 1. The summed E-state index contributed by atoms with van der Waals surface area (Å²) < 4.78 is 0. The van der Waals surface area contributed by atoms with E-state index in [4.69, 9.17) is 0 Å². The van der Waals surface area contributed by atoms with Gasteiger partial charge in [-0.1, -0.05) is 24.8 Å². The van der Waals surface area contributed by atoms with E-state index in [1.165, 1.54) is 0 Å². The number of rotatable bonds is 2. The third-order valence-corrected chi connectivity index (χ3v) is 1.21. The molecule has 0 aromatic carbocycles. The first-order valence-corrected chi connectivity index (χ1v) is 3.98. The third-order valence-electron chi connectivity index (χ3n) is 1.21. The molecule has 62 valence electrons. The maximum atomic E-state index is 9.48. The number of hydrogen-bond acceptors (Lipinski definition) is 1. The van der Waals surface area contributed by atoms with E-state index in [0.717, 1.165) is 12.8 Å². The van der Waals surface area contributed by atoms with Gasteiger partial charge >= 0.3 is 0 Å². The van der Waals surface area contributed by atoms with Gasteiger partial charge in [0.15, 0.2) is 0 Å². The molecule has 0 spiro atoms. The van der Waals surface area contributed by atoms with Gasteiger partial charge in [-0.3, -0.25) is 0 Å². The van der Waals surface area contributed by atoms with Crippen LogP contribution in [0.2, 0.25) is 0 Å². The maximum Gasteiger partial charge on any atom is 0.141 e. The summed E-state index contributed by atoms with van der Waals surface area (Å²) in [5.74, 6) is 5.69. The van der Waals surface area contributed by atoms with Gasteiger partial charge < -0.3 is 5.11 Å². The van der Waals surface area contributed by atoms with Gasteiger partial charge in [0.25, 0.3) is 0 Å². The summed E-state index contributed by atoms with van der Waals surface area (Å²) >= 11 is 0. The summed E-state index contributed by atoms with van der Waals surface area (Å²) in [6.45, 7) is 5.63. The molecule has 0 rings (SSSR count). The van der Waals surface area contributed by atoms with Gasteiger partial charge in [-0.15, -0.1) is 0 Å². The standard InChI is InChI=1S/C10H16O/c1-4-6-7-9-10(3,11)8-5-2/h5,8,11H,4,6H2,1-3H3/b8-5+. The van der Waals surface area contributed by atoms with Crippen molar-refractivity contribution in [2.45, 2.75) is 39.2 Å². The smallest absolute Gasteiger partial charge is 0.141 e. The maximum absolute atomic E-state index is 9.48. The highest BCUT2D eigenvalue weighted by Gasteiger charge is 2.09. The molecule has 0 fully saturated rings. The molecule has 1 atom stereocenters. The van der Waals surface area contributed by atoms with Crippen LogP contribution >= 0.6 is 0 Å². The largest absolute Gasteiger partial charge is 0.374 e. The lowest BCUT2D eigenvalue weighted by atomic mass is 10.1. The molecule has 0 aliphatic carbocycles. The van der Waals surface area contributed by atoms with Crippen LogP contribution in [0.5, 0.6) is 0 Å². The van der Waals surface area contributed by atoms with Crippen molar-refractivity contribution >= 4 is 0 Å². The molecule has 0 aliphatic rings. The molecule has 0 saturated heterocycles. The average molecular weight is 152 g/mol. The molecule has 0 radical (unpaired) electrons. The van der Waals surface area contributed by atoms with Crippen LogP contribution in [-0.2, 0) is 0 Å². The summed E-state index contributed by atoms with van der Waals surface area (Å²) in [5.41, 5.74) is -0.941. The first-order chi connectivity index (χ1) is 5.12. The van der Waals surface area contributed by atoms with Crippen LogP contribution in [0.15, 0.2) is 12.2 Å². The Labute approximate surface area is 69.1 Å². The third kappa shape index (κ3) is 5.69. The Bertz CT molecular complexity index is 179. The Morgan fingerprint density at radius 2 is 2.18 bits per heavy atom. The van der Waals surface area contributed by atoms with Crippen molar-refractivity contribution in [1.29, 1.82) is 0 Å². The summed E-state index contributed by atoms with van der Waals surface area (Å²) in [4.78, 5) is 0. The monoisotopic (exact) mass is 152 g/mol. The molecule has 0 aromatic rings. The van der Waals surface area contributed by atoms with Crippen LogP contribution in [0.25, 0.3) is 0 Å². The van der Waals surface area contributed by atoms with Crippen molar-refractivity contribution in [3.63, 3.8) is 0 Å². The lowest BCUT2D eigenvalue weighted by molar-refractivity contribution is 0.174. The molecule has 11 heavy (non-hydrogen) atoms. The van der Waals surface area contributed by atoms with Crippen molar-refractivity contribution in [2.75, 3.05) is 0 Å². The van der Waals surface area contributed by atoms with Gasteiger partial charge in [0.05, 0.1) is 0 Å². The van der Waals surface area contributed by atoms with Crippen molar-refractivity contribution in [3.8, 4) is 11.8 Å². The van der Waals surface area contributed by atoms with Crippen LogP contribution in [0.1, 0.15) is 33.6 Å². The van der Waals surface area contributed by atoms with E-state index in [1.807, 2.05) is 6.92 Å². The summed E-state index contributed by atoms with van der Waals surface area (Å²) in [7, 11) is 0. The minimum atomic E-state index is -0.941. The molecule has 1 heteroatoms. The lowest BCUT2D eigenvalue weighted by Gasteiger charge is -2.08. The fourth-order valence-corrected chi connectivity index (χ4v) is 0.733. The van der Waals surface area contributed by atoms with E-state index in [2.05, 4.69) is 18.8 Å². The highest BCUT2D eigenvalue weighted by Crippen LogP contribution is 2.02. The average Bonchev–Trinajstić information content (AvgIpc) is 1.87. The van der Waals surface area contributed by atoms with Crippen molar-refractivity contribution in [1.82, 2.24) is 0 Å². The Balaban J connectivity index is 4.02. The fourth-order valence-electron chi connectivity index (χ4n) is 0.733. The summed E-state index contributed by atoms with van der Waals surface area (Å²) in [6.07, 6.45) is 5.39. The highest BCUT2D eigenvalue weighted by molar-refractivity contribution is 5.20. The minimum absolute atomic E-state index is 0.855. The molecule has 1 unspecified atom stereocenters. The Kier molecular flexibility index (Phi) is 4.65. The van der Waals surface area contributed by atoms with Gasteiger partial charge in [0.1, 0.15) is 5.60 Å². The predicted molar refractivity (Wildman–Crippen MR) is 48.1 cm³/mol. The van der Waals surface area contributed by atoms with Crippen LogP contribution in [0, 0.1) is 11.8 Å². The van der Waals surface area contributed by atoms with E-state index >= 15 is 0 Å². The second kappa shape index (κ2) is 4.98. The molecule has 0 saturated carbocycles. The molecule has 1 N–H and O–H groups in total. The highest BCUT2D eigenvalue weighted by atomic mass is 16.3. The van der Waals surface area contributed by atoms with Crippen molar-refractivity contribution in [3.05, 3.63) is 12.2 Å². The first-order valence-electron chi connectivity index (χ1n) is 3.98. The van der Waals surface area contributed by atoms with E-state index in [-0.39, 0.29) is 0 Å². The molecule has 0 aromatic heterocycles. The normalized spacial score (nSPS) is 15.6. The van der Waals surface area contributed by atoms with Crippen molar-refractivity contribution < 1.29 is 5.11 Å². The zero-order chi connectivity index (χ0) is 8.74. The Hall–Kier alpha value is -0.740. The number of allylic oxidation sites excluding steroid dienone is 1. The van der Waals surface area contributed by atoms with E-state index < -0.39 is 5.60 Å². The van der Waals surface area contributed by atoms with Crippen LogP contribution in [0.3, 0.4) is 0 Å². The first kappa shape index (κ1) is 10.3. The molecule has 0 aliphatic heterocycles. The van der Waals surface area contributed by atoms with E-state index in [1.54, 1.807) is 19.1 Å². The second-order valence-corrected chi connectivity index (χ2v) is 2.70. The topological polar surface area (TPSA) is 20.2 Å². The van der Waals surface area contributed by atoms with Gasteiger partial charge in [0.2, 0.25) is 0 Å². The van der Waals surface area contributed by atoms with Crippen LogP contribution < -0.4 is 0 Å². The fraction of sp³-hybridized carbons (Fsp3) is 0.600. The van der Waals surface area contributed by atoms with Gasteiger partial charge in [0, 0.05) is 6.42 Å². The number of hydrogen-bond donors (Lipinski definition) is 1. The van der Waals surface area contributed by atoms with Crippen LogP contribution in [0.4, 0.5) is 0 Å². The van der Waals surface area contributed by atoms with Gasteiger partial charge in [-0.25, -0.2) is 0 Å². The summed E-state index contributed by atoms with van der Waals surface area (Å²) in [5, 5.41) is 9.48. The molecular formula is C10H16O. The van der Waals surface area contributed by atoms with Gasteiger partial charge in [-0.05, 0) is 26.3 Å². The molecule has 0 heterocycles. The van der Waals surface area contributed by atoms with E-state index in [0.29, 0.717) is 0 Å². The molecule has 1 nitrogen and oxygen atoms in total. The zero-order valence-electron chi connectivity index (χ0n) is 7.52. The van der Waals surface area contributed by atoms with E-state index in [9.17, 15) is 5.11 Å². The SMILES string of the molecule is C/C=C/C(C)(O)C#CCCC. The quantitative estimate of drug-likeness (QED) is 0.474. The summed E-state index contributed by atoms with van der Waals surface area (Å²) in [6, 6.07) is 0. The number of aliphatic hydroxyl groups is 1. The predicted octanol–water partition coefficient (Wildman–Crippen LogP) is 2.12. The van der Waals surface area contributed by atoms with Gasteiger partial charge in [-0.2, -0.15) is 0 Å². The second-order valence-electron chi connectivity index (χ2n) is 2.70. The minimum Gasteiger partial charge on any atom is -0.374 e. The molecule has 0 amide bonds. The molecule has 0 bridgehead atoms. The lowest BCUT2D eigenvalue weighted by Crippen LogP contribution is -2.17. The van der Waals surface area contributed by atoms with Crippen molar-refractivity contribution in [2.24, 2.45) is 0 Å². The Morgan fingerprint density at radius 1 is 1.55 bits per heavy atom. The Morgan fingerprint density at radius 3 is 2.64 bits per heavy atom.